The van der Waals surface area contributed by atoms with Gasteiger partial charge in [-0.05, 0) is 30.5 Å². The number of piperidine rings is 1. The first-order chi connectivity index (χ1) is 13.2. The lowest BCUT2D eigenvalue weighted by Crippen LogP contribution is -2.47. The van der Waals surface area contributed by atoms with Gasteiger partial charge in [-0.1, -0.05) is 30.3 Å². The van der Waals surface area contributed by atoms with Gasteiger partial charge in [0, 0.05) is 31.9 Å². The van der Waals surface area contributed by atoms with Crippen LogP contribution in [0.5, 0.6) is 5.88 Å². The van der Waals surface area contributed by atoms with Crippen LogP contribution in [0.15, 0.2) is 48.7 Å². The van der Waals surface area contributed by atoms with Gasteiger partial charge in [-0.2, -0.15) is 0 Å². The molecule has 0 saturated carbocycles. The van der Waals surface area contributed by atoms with Gasteiger partial charge in [0.2, 0.25) is 11.8 Å². The van der Waals surface area contributed by atoms with E-state index in [-0.39, 0.29) is 23.8 Å². The molecule has 140 valence electrons. The van der Waals surface area contributed by atoms with Gasteiger partial charge in [0.25, 0.3) is 5.91 Å². The topological polar surface area (TPSA) is 62.7 Å². The summed E-state index contributed by atoms with van der Waals surface area (Å²) < 4.78 is 5.24. The molecule has 3 saturated heterocycles. The Kier molecular flexibility index (Phi) is 4.79. The van der Waals surface area contributed by atoms with Gasteiger partial charge < -0.3 is 14.5 Å². The van der Waals surface area contributed by atoms with E-state index in [9.17, 15) is 9.59 Å². The molecule has 4 heterocycles. The summed E-state index contributed by atoms with van der Waals surface area (Å²) in [7, 11) is 1.51. The van der Waals surface area contributed by atoms with Crippen molar-refractivity contribution in [3.8, 4) is 5.88 Å². The second-order valence-corrected chi connectivity index (χ2v) is 7.15. The number of amides is 2. The van der Waals surface area contributed by atoms with Crippen molar-refractivity contribution < 1.29 is 14.3 Å². The molecule has 0 unspecified atom stereocenters. The number of hydrogen-bond donors (Lipinski definition) is 0. The van der Waals surface area contributed by atoms with E-state index >= 15 is 0 Å². The van der Waals surface area contributed by atoms with Crippen LogP contribution < -0.4 is 4.74 Å². The van der Waals surface area contributed by atoms with Crippen molar-refractivity contribution in [2.24, 2.45) is 5.92 Å². The number of hydrogen-bond acceptors (Lipinski definition) is 4. The molecular formula is C21H23N3O3. The summed E-state index contributed by atoms with van der Waals surface area (Å²) in [5.41, 5.74) is 1.56. The van der Waals surface area contributed by atoms with Gasteiger partial charge in [-0.3, -0.25) is 9.59 Å². The van der Waals surface area contributed by atoms with Gasteiger partial charge in [0.05, 0.1) is 13.0 Å². The van der Waals surface area contributed by atoms with E-state index in [1.54, 1.807) is 23.2 Å². The maximum absolute atomic E-state index is 13.1. The molecule has 1 aromatic carbocycles. The smallest absolute Gasteiger partial charge is 0.259 e. The Bertz CT molecular complexity index is 840. The highest BCUT2D eigenvalue weighted by atomic mass is 16.5. The molecule has 2 atom stereocenters. The number of ether oxygens (including phenoxy) is 1. The Balaban J connectivity index is 1.57. The molecule has 2 aromatic rings. The minimum Gasteiger partial charge on any atom is -0.480 e. The number of pyridine rings is 1. The Hall–Kier alpha value is -2.89. The zero-order valence-corrected chi connectivity index (χ0v) is 15.4. The Morgan fingerprint density at radius 3 is 2.74 bits per heavy atom. The van der Waals surface area contributed by atoms with Crippen LogP contribution in [0.4, 0.5) is 0 Å². The number of benzene rings is 1. The lowest BCUT2D eigenvalue weighted by atomic mass is 9.93. The molecular weight excluding hydrogens is 342 g/mol. The number of fused-ring (bicyclic) bond motifs is 4. The fourth-order valence-corrected chi connectivity index (χ4v) is 4.08. The summed E-state index contributed by atoms with van der Waals surface area (Å²) in [6.45, 7) is 1.60. The highest BCUT2D eigenvalue weighted by Gasteiger charge is 2.42. The SMILES string of the molecule is COc1ncccc1C(=O)N1C[C@@H]2CC[C@H](C1)N(Cc1ccccc1)C2=O. The van der Waals surface area contributed by atoms with Crippen molar-refractivity contribution in [2.75, 3.05) is 20.2 Å². The average Bonchev–Trinajstić information content (AvgIpc) is 3.00. The molecule has 0 spiro atoms. The van der Waals surface area contributed by atoms with Gasteiger partial charge >= 0.3 is 0 Å². The first-order valence-corrected chi connectivity index (χ1v) is 9.30. The first kappa shape index (κ1) is 17.5. The minimum absolute atomic E-state index is 0.0445. The quantitative estimate of drug-likeness (QED) is 0.834. The van der Waals surface area contributed by atoms with Gasteiger partial charge in [-0.15, -0.1) is 0 Å². The molecule has 2 bridgehead atoms. The predicted octanol–water partition coefficient (Wildman–Crippen LogP) is 2.35. The van der Waals surface area contributed by atoms with Crippen molar-refractivity contribution in [1.82, 2.24) is 14.8 Å². The molecule has 0 aliphatic carbocycles. The third-order valence-corrected chi connectivity index (χ3v) is 5.47. The maximum Gasteiger partial charge on any atom is 0.259 e. The first-order valence-electron chi connectivity index (χ1n) is 9.30. The summed E-state index contributed by atoms with van der Waals surface area (Å²) in [6.07, 6.45) is 3.37. The molecule has 2 amide bonds. The van der Waals surface area contributed by atoms with Crippen molar-refractivity contribution >= 4 is 11.8 Å². The minimum atomic E-state index is -0.140. The van der Waals surface area contributed by atoms with Gasteiger partial charge in [0.15, 0.2) is 0 Å². The van der Waals surface area contributed by atoms with E-state index in [1.807, 2.05) is 35.2 Å². The van der Waals surface area contributed by atoms with Crippen LogP contribution in [0.2, 0.25) is 0 Å². The standard InChI is InChI=1S/C21H23N3O3/c1-27-19-18(8-5-11-22-19)21(26)23-13-16-9-10-17(14-23)24(20(16)25)12-15-6-3-2-4-7-15/h2-8,11,16-17H,9-10,12-14H2,1H3/t16-,17+/m0/s1. The Morgan fingerprint density at radius 2 is 1.96 bits per heavy atom. The predicted molar refractivity (Wildman–Crippen MR) is 100 cm³/mol. The number of aromatic nitrogens is 1. The number of carbonyl (C=O) groups excluding carboxylic acids is 2. The van der Waals surface area contributed by atoms with Crippen LogP contribution >= 0.6 is 0 Å². The molecule has 0 radical (unpaired) electrons. The lowest BCUT2D eigenvalue weighted by Gasteiger charge is -2.36. The summed E-state index contributed by atoms with van der Waals surface area (Å²) in [5.74, 6) is 0.223. The summed E-state index contributed by atoms with van der Waals surface area (Å²) in [5, 5.41) is 0. The molecule has 27 heavy (non-hydrogen) atoms. The zero-order valence-electron chi connectivity index (χ0n) is 15.4. The molecule has 5 rings (SSSR count). The van der Waals surface area contributed by atoms with E-state index in [2.05, 4.69) is 4.98 Å². The second kappa shape index (κ2) is 7.39. The Morgan fingerprint density at radius 1 is 1.15 bits per heavy atom. The van der Waals surface area contributed by atoms with Crippen LogP contribution in [-0.4, -0.2) is 52.8 Å². The summed E-state index contributed by atoms with van der Waals surface area (Å²) >= 11 is 0. The van der Waals surface area contributed by atoms with Gasteiger partial charge in [0.1, 0.15) is 5.56 Å². The molecule has 1 aromatic heterocycles. The van der Waals surface area contributed by atoms with Crippen LogP contribution in [0.3, 0.4) is 0 Å². The third-order valence-electron chi connectivity index (χ3n) is 5.47. The van der Waals surface area contributed by atoms with Crippen LogP contribution in [-0.2, 0) is 11.3 Å². The summed E-state index contributed by atoms with van der Waals surface area (Å²) in [6, 6.07) is 13.5. The number of nitrogens with zero attached hydrogens (tertiary/aromatic N) is 3. The molecule has 3 aliphatic heterocycles. The average molecular weight is 365 g/mol. The monoisotopic (exact) mass is 365 g/mol. The second-order valence-electron chi connectivity index (χ2n) is 7.15. The van der Waals surface area contributed by atoms with E-state index in [1.165, 1.54) is 7.11 Å². The van der Waals surface area contributed by atoms with E-state index in [0.29, 0.717) is 31.1 Å². The molecule has 3 aliphatic rings. The van der Waals surface area contributed by atoms with Crippen molar-refractivity contribution in [2.45, 2.75) is 25.4 Å². The van der Waals surface area contributed by atoms with Crippen molar-refractivity contribution in [3.05, 3.63) is 59.8 Å². The van der Waals surface area contributed by atoms with E-state index < -0.39 is 0 Å². The Labute approximate surface area is 158 Å². The van der Waals surface area contributed by atoms with Crippen LogP contribution in [0.25, 0.3) is 0 Å². The van der Waals surface area contributed by atoms with E-state index in [0.717, 1.165) is 18.4 Å². The highest BCUT2D eigenvalue weighted by molar-refractivity contribution is 5.97. The molecule has 6 nitrogen and oxygen atoms in total. The fraction of sp³-hybridized carbons (Fsp3) is 0.381. The molecule has 6 heteroatoms. The van der Waals surface area contributed by atoms with Crippen molar-refractivity contribution in [1.29, 1.82) is 0 Å². The molecule has 3 fully saturated rings. The third kappa shape index (κ3) is 3.39. The number of rotatable bonds is 4. The van der Waals surface area contributed by atoms with Gasteiger partial charge in [-0.25, -0.2) is 4.98 Å². The lowest BCUT2D eigenvalue weighted by molar-refractivity contribution is -0.140. The molecule has 0 N–H and O–H groups in total. The van der Waals surface area contributed by atoms with Crippen LogP contribution in [0, 0.1) is 5.92 Å². The normalized spacial score (nSPS) is 21.9. The largest absolute Gasteiger partial charge is 0.480 e. The maximum atomic E-state index is 13.1. The summed E-state index contributed by atoms with van der Waals surface area (Å²) in [4.78, 5) is 34.0. The fourth-order valence-electron chi connectivity index (χ4n) is 4.08. The number of methoxy groups -OCH3 is 1. The van der Waals surface area contributed by atoms with E-state index in [4.69, 9.17) is 4.74 Å². The van der Waals surface area contributed by atoms with Crippen molar-refractivity contribution in [3.63, 3.8) is 0 Å². The zero-order chi connectivity index (χ0) is 18.8. The number of carbonyl (C=O) groups is 2. The highest BCUT2D eigenvalue weighted by Crippen LogP contribution is 2.31. The van der Waals surface area contributed by atoms with Crippen LogP contribution in [0.1, 0.15) is 28.8 Å².